The van der Waals surface area contributed by atoms with Crippen molar-refractivity contribution < 1.29 is 27.5 Å². The van der Waals surface area contributed by atoms with Crippen LogP contribution in [0.2, 0.25) is 0 Å². The Morgan fingerprint density at radius 2 is 1.85 bits per heavy atom. The van der Waals surface area contributed by atoms with E-state index in [-0.39, 0.29) is 28.4 Å². The van der Waals surface area contributed by atoms with Crippen LogP contribution in [0.5, 0.6) is 0 Å². The molecule has 2 aromatic carbocycles. The molecule has 0 radical (unpaired) electrons. The van der Waals surface area contributed by atoms with Crippen molar-refractivity contribution in [2.45, 2.75) is 18.4 Å². The van der Waals surface area contributed by atoms with E-state index in [1.807, 2.05) is 0 Å². The van der Waals surface area contributed by atoms with Crippen molar-refractivity contribution in [3.8, 4) is 0 Å². The van der Waals surface area contributed by atoms with Gasteiger partial charge in [-0.05, 0) is 47.2 Å². The first-order valence-corrected chi connectivity index (χ1v) is 10.9. The number of benzene rings is 2. The van der Waals surface area contributed by atoms with Gasteiger partial charge in [0, 0.05) is 5.69 Å². The van der Waals surface area contributed by atoms with Gasteiger partial charge in [-0.1, -0.05) is 18.2 Å². The molecule has 0 aliphatic heterocycles. The molecule has 0 fully saturated rings. The molecule has 1 heterocycles. The minimum absolute atomic E-state index is 0.0298. The van der Waals surface area contributed by atoms with Gasteiger partial charge in [-0.25, -0.2) is 23.0 Å². The Kier molecular flexibility index (Phi) is 7.10. The molecule has 0 bridgehead atoms. The Hall–Kier alpha value is -4.17. The third-order valence-corrected chi connectivity index (χ3v) is 5.28. The van der Waals surface area contributed by atoms with Crippen LogP contribution in [-0.2, 0) is 30.9 Å². The Labute approximate surface area is 188 Å². The van der Waals surface area contributed by atoms with E-state index in [1.165, 1.54) is 41.3 Å². The summed E-state index contributed by atoms with van der Waals surface area (Å²) in [5, 5.41) is 20.6. The predicted molar refractivity (Wildman–Crippen MR) is 114 cm³/mol. The summed E-state index contributed by atoms with van der Waals surface area (Å²) in [4.78, 5) is 36.7. The number of primary sulfonamides is 1. The molecule has 172 valence electrons. The summed E-state index contributed by atoms with van der Waals surface area (Å²) in [5.74, 6) is -2.03. The Morgan fingerprint density at radius 3 is 2.55 bits per heavy atom. The maximum Gasteiger partial charge on any atom is 0.340 e. The van der Waals surface area contributed by atoms with Crippen molar-refractivity contribution in [1.29, 1.82) is 0 Å². The largest absolute Gasteiger partial charge is 0.452 e. The van der Waals surface area contributed by atoms with Crippen molar-refractivity contribution in [2.24, 2.45) is 5.14 Å². The number of nitrogens with one attached hydrogen (secondary N) is 2. The lowest BCUT2D eigenvalue weighted by Gasteiger charge is -2.11. The monoisotopic (exact) mass is 473 g/mol. The van der Waals surface area contributed by atoms with E-state index in [4.69, 9.17) is 9.88 Å². The minimum atomic E-state index is -3.97. The summed E-state index contributed by atoms with van der Waals surface area (Å²) in [6.07, 6.45) is 1.26. The number of rotatable bonds is 8. The molecular formula is C19H19N7O6S. The van der Waals surface area contributed by atoms with Gasteiger partial charge >= 0.3 is 5.97 Å². The zero-order valence-corrected chi connectivity index (χ0v) is 18.1. The van der Waals surface area contributed by atoms with Gasteiger partial charge in [-0.2, -0.15) is 0 Å². The average Bonchev–Trinajstić information content (AvgIpc) is 3.26. The third-order valence-electron chi connectivity index (χ3n) is 4.23. The second-order valence-electron chi connectivity index (χ2n) is 6.75. The number of aryl methyl sites for hydroxylation is 1. The van der Waals surface area contributed by atoms with E-state index < -0.39 is 34.4 Å². The summed E-state index contributed by atoms with van der Waals surface area (Å²) in [6, 6.07) is 10.3. The van der Waals surface area contributed by atoms with Crippen LogP contribution in [0.25, 0.3) is 0 Å². The number of carbonyl (C=O) groups excluding carboxylic acids is 3. The number of carbonyl (C=O) groups is 3. The maximum absolute atomic E-state index is 12.5. The number of ether oxygens (including phenoxy) is 1. The molecule has 33 heavy (non-hydrogen) atoms. The normalized spacial score (nSPS) is 11.0. The molecule has 3 rings (SSSR count). The molecule has 0 spiro atoms. The number of hydrogen-bond acceptors (Lipinski definition) is 9. The number of tetrazole rings is 1. The topological polar surface area (TPSA) is 188 Å². The summed E-state index contributed by atoms with van der Waals surface area (Å²) >= 11 is 0. The van der Waals surface area contributed by atoms with Crippen molar-refractivity contribution in [3.05, 3.63) is 59.9 Å². The van der Waals surface area contributed by atoms with E-state index in [1.54, 1.807) is 19.1 Å². The molecule has 13 nitrogen and oxygen atoms in total. The van der Waals surface area contributed by atoms with E-state index in [2.05, 4.69) is 26.2 Å². The van der Waals surface area contributed by atoms with Crippen molar-refractivity contribution in [3.63, 3.8) is 0 Å². The van der Waals surface area contributed by atoms with E-state index in [9.17, 15) is 22.8 Å². The number of anilines is 2. The predicted octanol–water partition coefficient (Wildman–Crippen LogP) is 0.0631. The summed E-state index contributed by atoms with van der Waals surface area (Å²) in [7, 11) is -3.97. The van der Waals surface area contributed by atoms with Crippen LogP contribution >= 0.6 is 0 Å². The Bertz CT molecular complexity index is 1290. The molecule has 0 unspecified atom stereocenters. The van der Waals surface area contributed by atoms with Gasteiger partial charge in [0.1, 0.15) is 12.9 Å². The summed E-state index contributed by atoms with van der Waals surface area (Å²) in [5.41, 5.74) is 0.793. The smallest absolute Gasteiger partial charge is 0.340 e. The maximum atomic E-state index is 12.5. The number of para-hydroxylation sites is 1. The first-order valence-electron chi connectivity index (χ1n) is 9.33. The van der Waals surface area contributed by atoms with Gasteiger partial charge in [0.2, 0.25) is 15.9 Å². The number of hydrogen-bond donors (Lipinski definition) is 3. The zero-order chi connectivity index (χ0) is 24.0. The number of nitrogens with zero attached hydrogens (tertiary/aromatic N) is 4. The highest BCUT2D eigenvalue weighted by Gasteiger charge is 2.17. The Morgan fingerprint density at radius 1 is 1.09 bits per heavy atom. The molecule has 0 saturated heterocycles. The second kappa shape index (κ2) is 9.97. The van der Waals surface area contributed by atoms with Gasteiger partial charge in [-0.15, -0.1) is 5.10 Å². The molecule has 14 heteroatoms. The molecule has 0 aliphatic rings. The third kappa shape index (κ3) is 6.41. The van der Waals surface area contributed by atoms with Crippen molar-refractivity contribution in [1.82, 2.24) is 20.2 Å². The fourth-order valence-electron chi connectivity index (χ4n) is 2.75. The molecule has 2 amide bonds. The van der Waals surface area contributed by atoms with Crippen LogP contribution in [-0.4, -0.2) is 53.0 Å². The zero-order valence-electron chi connectivity index (χ0n) is 17.3. The lowest BCUT2D eigenvalue weighted by atomic mass is 10.2. The Balaban J connectivity index is 1.61. The van der Waals surface area contributed by atoms with Gasteiger partial charge in [-0.3, -0.25) is 9.59 Å². The van der Waals surface area contributed by atoms with Gasteiger partial charge in [0.25, 0.3) is 5.91 Å². The van der Waals surface area contributed by atoms with Gasteiger partial charge in [0.05, 0.1) is 16.1 Å². The van der Waals surface area contributed by atoms with E-state index in [0.717, 1.165) is 0 Å². The lowest BCUT2D eigenvalue weighted by Crippen LogP contribution is -2.23. The number of nitrogens with two attached hydrogens (primary N) is 1. The van der Waals surface area contributed by atoms with Crippen molar-refractivity contribution >= 4 is 39.2 Å². The fraction of sp³-hybridized carbons (Fsp3) is 0.158. The lowest BCUT2D eigenvalue weighted by molar-refractivity contribution is -0.119. The number of aromatic nitrogens is 4. The highest BCUT2D eigenvalue weighted by molar-refractivity contribution is 7.89. The van der Waals surface area contributed by atoms with Crippen LogP contribution < -0.4 is 15.8 Å². The molecule has 0 atom stereocenters. The van der Waals surface area contributed by atoms with Crippen LogP contribution in [0.4, 0.5) is 11.4 Å². The van der Waals surface area contributed by atoms with Crippen LogP contribution in [0.1, 0.15) is 15.9 Å². The molecule has 0 aliphatic carbocycles. The standard InChI is InChI=1S/C19H19N7O6S/c1-12-6-7-13(8-16(12)33(20,30)31)22-18(28)10-32-19(29)14-4-2-3-5-15(14)23-17(27)9-26-11-21-24-25-26/h2-8,11H,9-10H2,1H3,(H,22,28)(H,23,27)(H2,20,30,31). The average molecular weight is 473 g/mol. The molecule has 1 aromatic heterocycles. The molecular weight excluding hydrogens is 454 g/mol. The van der Waals surface area contributed by atoms with Gasteiger partial charge < -0.3 is 15.4 Å². The minimum Gasteiger partial charge on any atom is -0.452 e. The second-order valence-corrected chi connectivity index (χ2v) is 8.28. The summed E-state index contributed by atoms with van der Waals surface area (Å²) < 4.78 is 29.5. The number of amides is 2. The fourth-order valence-corrected chi connectivity index (χ4v) is 3.56. The quantitative estimate of drug-likeness (QED) is 0.380. The number of sulfonamides is 1. The van der Waals surface area contributed by atoms with E-state index >= 15 is 0 Å². The summed E-state index contributed by atoms with van der Waals surface area (Å²) in [6.45, 7) is 0.742. The molecule has 4 N–H and O–H groups in total. The first kappa shape index (κ1) is 23.5. The highest BCUT2D eigenvalue weighted by Crippen LogP contribution is 2.19. The number of esters is 1. The first-order chi connectivity index (χ1) is 15.6. The van der Waals surface area contributed by atoms with Crippen molar-refractivity contribution in [2.75, 3.05) is 17.2 Å². The van der Waals surface area contributed by atoms with E-state index in [0.29, 0.717) is 5.56 Å². The van der Waals surface area contributed by atoms with Crippen LogP contribution in [0, 0.1) is 6.92 Å². The van der Waals surface area contributed by atoms with Gasteiger partial charge in [0.15, 0.2) is 6.61 Å². The highest BCUT2D eigenvalue weighted by atomic mass is 32.2. The molecule has 0 saturated carbocycles. The molecule has 3 aromatic rings. The van der Waals surface area contributed by atoms with Crippen LogP contribution in [0.15, 0.2) is 53.7 Å². The van der Waals surface area contributed by atoms with Crippen LogP contribution in [0.3, 0.4) is 0 Å². The SMILES string of the molecule is Cc1ccc(NC(=O)COC(=O)c2ccccc2NC(=O)Cn2cnnn2)cc1S(N)(=O)=O.